The summed E-state index contributed by atoms with van der Waals surface area (Å²) >= 11 is 2.99. The van der Waals surface area contributed by atoms with Gasteiger partial charge >= 0.3 is 0 Å². The smallest absolute Gasteiger partial charge is 0.261 e. The molecule has 0 aliphatic rings. The second-order valence-corrected chi connectivity index (χ2v) is 6.58. The van der Waals surface area contributed by atoms with E-state index in [1.54, 1.807) is 0 Å². The molecule has 0 amide bonds. The number of halogens is 2. The van der Waals surface area contributed by atoms with Crippen molar-refractivity contribution in [2.24, 2.45) is 0 Å². The minimum absolute atomic E-state index is 0.0351. The van der Waals surface area contributed by atoms with Crippen molar-refractivity contribution < 1.29 is 22.7 Å². The Labute approximate surface area is 128 Å². The maximum absolute atomic E-state index is 13.0. The molecule has 0 saturated carbocycles. The summed E-state index contributed by atoms with van der Waals surface area (Å²) in [5.41, 5.74) is -0.259. The summed E-state index contributed by atoms with van der Waals surface area (Å²) in [7, 11) is -4.03. The zero-order valence-corrected chi connectivity index (χ0v) is 12.7. The van der Waals surface area contributed by atoms with Crippen LogP contribution in [0.4, 0.5) is 10.1 Å². The van der Waals surface area contributed by atoms with Crippen molar-refractivity contribution in [3.05, 3.63) is 58.3 Å². The van der Waals surface area contributed by atoms with Gasteiger partial charge < -0.3 is 9.90 Å². The Hall–Kier alpha value is -1.93. The van der Waals surface area contributed by atoms with E-state index >= 15 is 0 Å². The molecule has 21 heavy (non-hydrogen) atoms. The monoisotopic (exact) mass is 372 g/mol. The number of aromatic carboxylic acids is 1. The summed E-state index contributed by atoms with van der Waals surface area (Å²) < 4.78 is 39.7. The second kappa shape index (κ2) is 5.82. The number of carbonyl (C=O) groups is 1. The van der Waals surface area contributed by atoms with Gasteiger partial charge in [0.2, 0.25) is 0 Å². The van der Waals surface area contributed by atoms with E-state index in [2.05, 4.69) is 20.7 Å². The first kappa shape index (κ1) is 15.5. The van der Waals surface area contributed by atoms with E-state index in [-0.39, 0.29) is 20.6 Å². The number of sulfonamides is 1. The Morgan fingerprint density at radius 3 is 2.52 bits per heavy atom. The molecule has 0 fully saturated rings. The molecule has 0 heterocycles. The van der Waals surface area contributed by atoms with E-state index in [9.17, 15) is 22.7 Å². The number of carboxylic acids is 1. The van der Waals surface area contributed by atoms with Gasteiger partial charge in [-0.2, -0.15) is 0 Å². The summed E-state index contributed by atoms with van der Waals surface area (Å²) in [4.78, 5) is 10.6. The molecule has 0 aliphatic carbocycles. The van der Waals surface area contributed by atoms with Crippen LogP contribution >= 0.6 is 15.9 Å². The van der Waals surface area contributed by atoms with Gasteiger partial charge in [-0.1, -0.05) is 22.0 Å². The summed E-state index contributed by atoms with van der Waals surface area (Å²) in [6, 6.07) is 8.37. The average Bonchev–Trinajstić information content (AvgIpc) is 2.38. The quantitative estimate of drug-likeness (QED) is 0.885. The zero-order valence-electron chi connectivity index (χ0n) is 10.3. The number of benzene rings is 2. The second-order valence-electron chi connectivity index (χ2n) is 4.04. The van der Waals surface area contributed by atoms with Crippen LogP contribution in [0.3, 0.4) is 0 Å². The number of hydrogen-bond donors (Lipinski definition) is 1. The lowest BCUT2D eigenvalue weighted by Gasteiger charge is -2.11. The van der Waals surface area contributed by atoms with Crippen molar-refractivity contribution >= 4 is 37.6 Å². The Morgan fingerprint density at radius 2 is 1.90 bits per heavy atom. The Morgan fingerprint density at radius 1 is 1.19 bits per heavy atom. The van der Waals surface area contributed by atoms with E-state index in [1.807, 2.05) is 0 Å². The Balaban J connectivity index is 2.40. The fourth-order valence-electron chi connectivity index (χ4n) is 1.59. The molecule has 0 saturated heterocycles. The fourth-order valence-corrected chi connectivity index (χ4v) is 3.08. The van der Waals surface area contributed by atoms with Crippen molar-refractivity contribution in [2.45, 2.75) is 4.90 Å². The van der Waals surface area contributed by atoms with Crippen LogP contribution < -0.4 is 9.83 Å². The maximum Gasteiger partial charge on any atom is 0.261 e. The molecule has 2 rings (SSSR count). The number of carboxylic acid groups (broad SMARTS) is 1. The molecule has 2 aromatic carbocycles. The summed E-state index contributed by atoms with van der Waals surface area (Å²) in [6.07, 6.45) is 0. The van der Waals surface area contributed by atoms with Crippen LogP contribution in [0.5, 0.6) is 0 Å². The SMILES string of the molecule is O=C([O-])c1cc(S(=O)(=O)Nc2cccc(F)c2)ccc1Br. The van der Waals surface area contributed by atoms with Gasteiger partial charge in [0, 0.05) is 10.0 Å². The van der Waals surface area contributed by atoms with Gasteiger partial charge in [-0.15, -0.1) is 0 Å². The standard InChI is InChI=1S/C13H9BrFNO4S/c14-12-5-4-10(7-11(12)13(17)18)21(19,20)16-9-3-1-2-8(15)6-9/h1-7,16H,(H,17,18)/p-1. The first-order valence-electron chi connectivity index (χ1n) is 5.59. The van der Waals surface area contributed by atoms with Crippen LogP contribution in [0.25, 0.3) is 0 Å². The van der Waals surface area contributed by atoms with Crippen LogP contribution in [0.2, 0.25) is 0 Å². The third-order valence-corrected chi connectivity index (χ3v) is 4.62. The number of anilines is 1. The molecular weight excluding hydrogens is 365 g/mol. The van der Waals surface area contributed by atoms with Crippen LogP contribution in [0.1, 0.15) is 10.4 Å². The van der Waals surface area contributed by atoms with Crippen molar-refractivity contribution in [1.29, 1.82) is 0 Å². The number of nitrogens with one attached hydrogen (secondary N) is 1. The Bertz CT molecular complexity index is 808. The topological polar surface area (TPSA) is 86.3 Å². The highest BCUT2D eigenvalue weighted by molar-refractivity contribution is 9.10. The van der Waals surface area contributed by atoms with Gasteiger partial charge in [-0.05, 0) is 36.4 Å². The van der Waals surface area contributed by atoms with E-state index < -0.39 is 21.8 Å². The lowest BCUT2D eigenvalue weighted by molar-refractivity contribution is -0.255. The van der Waals surface area contributed by atoms with Crippen molar-refractivity contribution in [3.63, 3.8) is 0 Å². The van der Waals surface area contributed by atoms with Crippen molar-refractivity contribution in [1.82, 2.24) is 0 Å². The molecule has 8 heteroatoms. The number of rotatable bonds is 4. The lowest BCUT2D eigenvalue weighted by Crippen LogP contribution is -2.23. The normalized spacial score (nSPS) is 11.1. The van der Waals surface area contributed by atoms with Gasteiger partial charge in [0.05, 0.1) is 16.6 Å². The van der Waals surface area contributed by atoms with Gasteiger partial charge in [-0.25, -0.2) is 12.8 Å². The van der Waals surface area contributed by atoms with Crippen LogP contribution in [0, 0.1) is 5.82 Å². The minimum Gasteiger partial charge on any atom is -0.545 e. The molecule has 0 atom stereocenters. The molecular formula is C13H8BrFNO4S-. The highest BCUT2D eigenvalue weighted by Crippen LogP contribution is 2.22. The van der Waals surface area contributed by atoms with Crippen LogP contribution in [-0.2, 0) is 10.0 Å². The lowest BCUT2D eigenvalue weighted by atomic mass is 10.2. The van der Waals surface area contributed by atoms with E-state index in [1.165, 1.54) is 30.3 Å². The van der Waals surface area contributed by atoms with Crippen LogP contribution in [0.15, 0.2) is 51.8 Å². The molecule has 5 nitrogen and oxygen atoms in total. The van der Waals surface area contributed by atoms with Gasteiger partial charge in [0.25, 0.3) is 10.0 Å². The van der Waals surface area contributed by atoms with Crippen molar-refractivity contribution in [3.8, 4) is 0 Å². The molecule has 0 bridgehead atoms. The predicted octanol–water partition coefficient (Wildman–Crippen LogP) is 1.75. The predicted molar refractivity (Wildman–Crippen MR) is 75.7 cm³/mol. The highest BCUT2D eigenvalue weighted by atomic mass is 79.9. The summed E-state index contributed by atoms with van der Waals surface area (Å²) in [6.45, 7) is 0. The van der Waals surface area contributed by atoms with Gasteiger partial charge in [0.15, 0.2) is 0 Å². The molecule has 0 spiro atoms. The van der Waals surface area contributed by atoms with Gasteiger partial charge in [0.1, 0.15) is 5.82 Å². The largest absolute Gasteiger partial charge is 0.545 e. The highest BCUT2D eigenvalue weighted by Gasteiger charge is 2.16. The number of hydrogen-bond acceptors (Lipinski definition) is 4. The first-order valence-corrected chi connectivity index (χ1v) is 7.86. The molecule has 2 aromatic rings. The van der Waals surface area contributed by atoms with E-state index in [4.69, 9.17) is 0 Å². The van der Waals surface area contributed by atoms with Crippen LogP contribution in [-0.4, -0.2) is 14.4 Å². The van der Waals surface area contributed by atoms with Gasteiger partial charge in [-0.3, -0.25) is 4.72 Å². The zero-order chi connectivity index (χ0) is 15.6. The molecule has 0 aliphatic heterocycles. The molecule has 0 radical (unpaired) electrons. The average molecular weight is 373 g/mol. The summed E-state index contributed by atoms with van der Waals surface area (Å²) in [5, 5.41) is 10.9. The molecule has 1 N–H and O–H groups in total. The molecule has 0 aromatic heterocycles. The molecule has 110 valence electrons. The van der Waals surface area contributed by atoms with E-state index in [0.717, 1.165) is 12.1 Å². The molecule has 0 unspecified atom stereocenters. The van der Waals surface area contributed by atoms with E-state index in [0.29, 0.717) is 0 Å². The maximum atomic E-state index is 13.0. The van der Waals surface area contributed by atoms with Crippen molar-refractivity contribution in [2.75, 3.05) is 4.72 Å². The number of carbonyl (C=O) groups excluding carboxylic acids is 1. The first-order chi connectivity index (χ1) is 9.79. The minimum atomic E-state index is -4.03. The Kier molecular flexibility index (Phi) is 4.29. The third kappa shape index (κ3) is 3.59. The third-order valence-electron chi connectivity index (χ3n) is 2.54. The summed E-state index contributed by atoms with van der Waals surface area (Å²) in [5.74, 6) is -2.11. The fraction of sp³-hybridized carbons (Fsp3) is 0.